The van der Waals surface area contributed by atoms with Crippen LogP contribution in [0.3, 0.4) is 0 Å². The zero-order valence-electron chi connectivity index (χ0n) is 39.4. The number of esters is 6. The molecule has 20 heteroatoms. The molecule has 0 amide bonds. The zero-order valence-corrected chi connectivity index (χ0v) is 39.4. The molecule has 2 aliphatic heterocycles. The molecular weight excluding hydrogens is 945 g/mol. The quantitative estimate of drug-likeness (QED) is 0.0197. The summed E-state index contributed by atoms with van der Waals surface area (Å²) in [4.78, 5) is 93.9. The van der Waals surface area contributed by atoms with Crippen LogP contribution in [0.5, 0.6) is 23.0 Å². The lowest BCUT2D eigenvalue weighted by Gasteiger charge is -2.17. The van der Waals surface area contributed by atoms with Crippen molar-refractivity contribution in [3.05, 3.63) is 145 Å². The van der Waals surface area contributed by atoms with Crippen molar-refractivity contribution in [2.24, 2.45) is 0 Å². The van der Waals surface area contributed by atoms with Crippen molar-refractivity contribution in [3.8, 4) is 23.0 Å². The summed E-state index contributed by atoms with van der Waals surface area (Å²) in [6.07, 6.45) is 0.155. The molecule has 20 nitrogen and oxygen atoms in total. The summed E-state index contributed by atoms with van der Waals surface area (Å²) in [6.45, 7) is 10.7. The van der Waals surface area contributed by atoms with Gasteiger partial charge in [0, 0.05) is 19.1 Å². The number of ether oxygens (including phenoxy) is 12. The number of hydrogen-bond donors (Lipinski definition) is 0. The lowest BCUT2D eigenvalue weighted by molar-refractivity contribution is -0.151. The van der Waals surface area contributed by atoms with E-state index in [9.17, 15) is 38.4 Å². The van der Waals surface area contributed by atoms with Crippen LogP contribution in [0.25, 0.3) is 0 Å². The minimum absolute atomic E-state index is 0.0772. The van der Waals surface area contributed by atoms with Crippen LogP contribution in [-0.2, 0) is 52.3 Å². The van der Waals surface area contributed by atoms with Crippen molar-refractivity contribution < 1.29 is 95.2 Å². The highest BCUT2D eigenvalue weighted by Crippen LogP contribution is 2.31. The number of carbonyl (C=O) groups excluding carboxylic acids is 8. The average Bonchev–Trinajstić information content (AvgIpc) is 3.97. The third-order valence-electron chi connectivity index (χ3n) is 9.99. The molecule has 0 spiro atoms. The zero-order chi connectivity index (χ0) is 51.8. The summed E-state index contributed by atoms with van der Waals surface area (Å²) in [5.74, 6) is -2.21. The summed E-state index contributed by atoms with van der Waals surface area (Å²) in [7, 11) is 0. The molecule has 0 aliphatic carbocycles. The monoisotopic (exact) mass is 996 g/mol. The van der Waals surface area contributed by atoms with E-state index in [1.165, 1.54) is 79.7 Å². The van der Waals surface area contributed by atoms with E-state index in [1.54, 1.807) is 12.1 Å². The Morgan fingerprint density at radius 3 is 1.18 bits per heavy atom. The Hall–Kier alpha value is -8.36. The molecule has 2 saturated heterocycles. The van der Waals surface area contributed by atoms with Crippen LogP contribution in [0.2, 0.25) is 0 Å². The molecule has 4 aromatic rings. The second-order valence-corrected chi connectivity index (χ2v) is 15.4. The Kier molecular flexibility index (Phi) is 21.5. The highest BCUT2D eigenvalue weighted by Gasteiger charge is 2.51. The fourth-order valence-corrected chi connectivity index (χ4v) is 6.40. The number of aryl methyl sites for hydroxylation is 1. The predicted molar refractivity (Wildman–Crippen MR) is 249 cm³/mol. The highest BCUT2D eigenvalue weighted by atomic mass is 16.7. The first-order chi connectivity index (χ1) is 34.7. The Balaban J connectivity index is 0.000000289. The normalized spacial score (nSPS) is 16.1. The maximum Gasteiger partial charge on any atom is 0.513 e. The fraction of sp³-hybridized carbons (Fsp3) is 0.308. The summed E-state index contributed by atoms with van der Waals surface area (Å²) >= 11 is 0. The maximum atomic E-state index is 12.7. The topological polar surface area (TPSA) is 247 Å². The number of unbranched alkanes of at least 4 members (excludes halogenated alkanes) is 2. The van der Waals surface area contributed by atoms with Gasteiger partial charge in [-0.05, 0) is 118 Å². The van der Waals surface area contributed by atoms with Gasteiger partial charge in [-0.3, -0.25) is 4.79 Å². The smallest absolute Gasteiger partial charge is 0.463 e. The van der Waals surface area contributed by atoms with Crippen LogP contribution in [0.15, 0.2) is 122 Å². The second kappa shape index (κ2) is 28.3. The minimum atomic E-state index is -0.917. The minimum Gasteiger partial charge on any atom is -0.463 e. The Morgan fingerprint density at radius 2 is 0.806 bits per heavy atom. The number of fused-ring (bicyclic) bond motifs is 1. The van der Waals surface area contributed by atoms with Gasteiger partial charge >= 0.3 is 48.1 Å². The van der Waals surface area contributed by atoms with Gasteiger partial charge in [0.15, 0.2) is 12.2 Å². The van der Waals surface area contributed by atoms with E-state index in [1.807, 2.05) is 19.1 Å². The van der Waals surface area contributed by atoms with E-state index in [2.05, 4.69) is 13.2 Å². The summed E-state index contributed by atoms with van der Waals surface area (Å²) in [5.41, 5.74) is 1.80. The molecular formula is C52H52O20. The first-order valence-corrected chi connectivity index (χ1v) is 22.4. The molecule has 2 heterocycles. The molecule has 4 aromatic carbocycles. The lowest BCUT2D eigenvalue weighted by atomic mass is 10.1. The summed E-state index contributed by atoms with van der Waals surface area (Å²) in [5, 5.41) is 0. The lowest BCUT2D eigenvalue weighted by Crippen LogP contribution is -2.35. The van der Waals surface area contributed by atoms with Crippen molar-refractivity contribution in [3.63, 3.8) is 0 Å². The maximum absolute atomic E-state index is 12.7. The van der Waals surface area contributed by atoms with E-state index in [4.69, 9.17) is 56.8 Å². The number of benzene rings is 4. The van der Waals surface area contributed by atoms with Crippen LogP contribution in [0.4, 0.5) is 9.59 Å². The molecule has 2 aliphatic rings. The van der Waals surface area contributed by atoms with Gasteiger partial charge < -0.3 is 56.8 Å². The Labute approximate surface area is 413 Å². The van der Waals surface area contributed by atoms with Gasteiger partial charge in [0.25, 0.3) is 0 Å². The van der Waals surface area contributed by atoms with Crippen LogP contribution in [0, 0.1) is 6.92 Å². The molecule has 4 atom stereocenters. The number of hydrogen-bond acceptors (Lipinski definition) is 20. The molecule has 0 unspecified atom stereocenters. The molecule has 380 valence electrons. The molecule has 0 bridgehead atoms. The average molecular weight is 997 g/mol. The number of carbonyl (C=O) groups is 8. The van der Waals surface area contributed by atoms with Crippen molar-refractivity contribution in [2.45, 2.75) is 63.9 Å². The van der Waals surface area contributed by atoms with Gasteiger partial charge in [0.05, 0.1) is 56.3 Å². The van der Waals surface area contributed by atoms with E-state index in [-0.39, 0.29) is 68.0 Å². The van der Waals surface area contributed by atoms with Crippen LogP contribution in [0.1, 0.15) is 69.2 Å². The van der Waals surface area contributed by atoms with Gasteiger partial charge in [-0.2, -0.15) is 0 Å². The largest absolute Gasteiger partial charge is 0.513 e. The highest BCUT2D eigenvalue weighted by molar-refractivity contribution is 5.92. The van der Waals surface area contributed by atoms with Crippen LogP contribution in [-0.4, -0.2) is 112 Å². The first kappa shape index (κ1) is 54.6. The molecule has 6 rings (SSSR count). The molecule has 0 aromatic heterocycles. The van der Waals surface area contributed by atoms with E-state index in [0.29, 0.717) is 37.0 Å². The summed E-state index contributed by atoms with van der Waals surface area (Å²) < 4.78 is 62.2. The molecule has 0 N–H and O–H groups in total. The molecule has 0 radical (unpaired) electrons. The Bertz CT molecular complexity index is 2500. The SMILES string of the molecule is C=CC(=O)OCCCCOC(=O)Oc1ccc(C(=O)Oc2ccc(C(=O)O[C@@H]3CO[C@H]4[C@@H]3OC[C@@H]4OC(C)=O)cc2)cc1.C=CC(=O)OCCCCOC(=O)Oc1ccc(C(=O)Oc2ccc(C)cc2)cc1. The van der Waals surface area contributed by atoms with E-state index < -0.39 is 72.5 Å². The predicted octanol–water partition coefficient (Wildman–Crippen LogP) is 7.42. The van der Waals surface area contributed by atoms with Crippen molar-refractivity contribution in [1.29, 1.82) is 0 Å². The van der Waals surface area contributed by atoms with Crippen molar-refractivity contribution in [1.82, 2.24) is 0 Å². The first-order valence-electron chi connectivity index (χ1n) is 22.4. The van der Waals surface area contributed by atoms with Crippen molar-refractivity contribution in [2.75, 3.05) is 39.6 Å². The van der Waals surface area contributed by atoms with Gasteiger partial charge in [-0.25, -0.2) is 33.6 Å². The van der Waals surface area contributed by atoms with E-state index in [0.717, 1.165) is 17.7 Å². The fourth-order valence-electron chi connectivity index (χ4n) is 6.40. The van der Waals surface area contributed by atoms with Crippen LogP contribution >= 0.6 is 0 Å². The standard InChI is InChI=1S/C30H30O13.C22H22O7/c1-3-25(32)36-14-4-5-15-37-30(35)42-22-12-8-19(9-13-22)28(33)41-21-10-6-20(7-11-21)29(34)43-24-17-39-26-23(40-18(2)31)16-38-27(24)26;1-3-20(23)26-14-4-5-15-27-22(25)29-19-12-8-17(9-13-19)21(24)28-18-10-6-16(2)7-11-18/h3,6-13,23-24,26-27H,1,4-5,14-17H2,2H3;3,6-13H,1,4-5,14-15H2,2H3/t23-,24+,26+,27+;/m0./s1. The van der Waals surface area contributed by atoms with Gasteiger partial charge in [-0.15, -0.1) is 0 Å². The van der Waals surface area contributed by atoms with Gasteiger partial charge in [0.1, 0.15) is 35.2 Å². The molecule has 2 fully saturated rings. The third-order valence-corrected chi connectivity index (χ3v) is 9.99. The summed E-state index contributed by atoms with van der Waals surface area (Å²) in [6, 6.07) is 24.5. The van der Waals surface area contributed by atoms with Gasteiger partial charge in [0.2, 0.25) is 0 Å². The van der Waals surface area contributed by atoms with E-state index >= 15 is 0 Å². The third kappa shape index (κ3) is 18.2. The van der Waals surface area contributed by atoms with Crippen LogP contribution < -0.4 is 18.9 Å². The second-order valence-electron chi connectivity index (χ2n) is 15.4. The Morgan fingerprint density at radius 1 is 0.472 bits per heavy atom. The molecule has 0 saturated carbocycles. The number of rotatable bonds is 21. The van der Waals surface area contributed by atoms with Crippen molar-refractivity contribution >= 4 is 48.1 Å². The van der Waals surface area contributed by atoms with Gasteiger partial charge in [-0.1, -0.05) is 30.9 Å². The molecule has 72 heavy (non-hydrogen) atoms.